The molecule has 2 unspecified atom stereocenters. The van der Waals surface area contributed by atoms with E-state index in [1.54, 1.807) is 47.0 Å². The van der Waals surface area contributed by atoms with Gasteiger partial charge >= 0.3 is 0 Å². The second-order valence-electron chi connectivity index (χ2n) is 14.8. The minimum atomic E-state index is -0.0946. The molecule has 0 fully saturated rings. The lowest BCUT2D eigenvalue weighted by atomic mass is 10.1. The van der Waals surface area contributed by atoms with Crippen molar-refractivity contribution >= 4 is 102 Å². The number of hydrogen-bond acceptors (Lipinski definition) is 10. The molecule has 0 spiro atoms. The van der Waals surface area contributed by atoms with Crippen molar-refractivity contribution in [1.82, 2.24) is 0 Å². The van der Waals surface area contributed by atoms with Gasteiger partial charge in [-0.1, -0.05) is 159 Å². The Hall–Kier alpha value is -4.30. The third-order valence-electron chi connectivity index (χ3n) is 9.78. The summed E-state index contributed by atoms with van der Waals surface area (Å²) in [5.74, 6) is 4.20. The Morgan fingerprint density at radius 3 is 1.39 bits per heavy atom. The number of rotatable bonds is 24. The molecule has 6 aromatic rings. The number of nitrogens with two attached hydrogens (primary N) is 4. The minimum absolute atomic E-state index is 0.0394. The molecule has 2 atom stereocenters. The Balaban J connectivity index is 0.000000239. The zero-order valence-corrected chi connectivity index (χ0v) is 39.0. The molecule has 6 aromatic carbocycles. The van der Waals surface area contributed by atoms with Crippen molar-refractivity contribution in [3.8, 4) is 0 Å². The molecule has 0 aliphatic carbocycles. The van der Waals surface area contributed by atoms with Crippen LogP contribution in [0.1, 0.15) is 64.2 Å². The standard InChI is InChI=1S/C28H32N4S2.C22H32N4S2/c29-27(31-25-15-13-21-9-3-5-11-23(21)19-25)33-17-7-1-2-8-18-34-28(30)32-26-16-14-22-10-4-6-12-24(22)20-26;23-21(25-19-13-7-5-8-14-19)27-17-11-3-1-2-4-12-18-28-22(24)26-20-15-9-6-10-16-20/h3-6,9-16,19-20,27,31H,1-2,7-8,17-18,29H2,(H2,30,32);5-10,13-16,21,25H,1-4,11-12,17-18,23H2,(H2,24,26). The van der Waals surface area contributed by atoms with Gasteiger partial charge in [0.15, 0.2) is 10.3 Å². The van der Waals surface area contributed by atoms with Gasteiger partial charge in [-0.15, -0.1) is 23.5 Å². The third kappa shape index (κ3) is 19.8. The van der Waals surface area contributed by atoms with E-state index in [-0.39, 0.29) is 11.0 Å². The Labute approximate surface area is 386 Å². The summed E-state index contributed by atoms with van der Waals surface area (Å²) in [6, 6.07) is 49.2. The number of nitrogens with one attached hydrogen (secondary N) is 2. The number of amidine groups is 2. The van der Waals surface area contributed by atoms with Crippen LogP contribution < -0.4 is 33.6 Å². The Morgan fingerprint density at radius 2 is 0.823 bits per heavy atom. The van der Waals surface area contributed by atoms with Gasteiger partial charge in [0, 0.05) is 22.9 Å². The van der Waals surface area contributed by atoms with Crippen molar-refractivity contribution < 1.29 is 0 Å². The molecule has 0 aliphatic heterocycles. The summed E-state index contributed by atoms with van der Waals surface area (Å²) >= 11 is 6.84. The summed E-state index contributed by atoms with van der Waals surface area (Å²) in [5, 5.41) is 12.9. The van der Waals surface area contributed by atoms with E-state index in [0.29, 0.717) is 10.3 Å². The lowest BCUT2D eigenvalue weighted by Gasteiger charge is -2.15. The van der Waals surface area contributed by atoms with Gasteiger partial charge < -0.3 is 33.6 Å². The van der Waals surface area contributed by atoms with Crippen LogP contribution in [0, 0.1) is 0 Å². The van der Waals surface area contributed by atoms with Crippen LogP contribution in [0.15, 0.2) is 156 Å². The summed E-state index contributed by atoms with van der Waals surface area (Å²) in [4.78, 5) is 8.97. The van der Waals surface area contributed by atoms with Crippen molar-refractivity contribution in [3.05, 3.63) is 146 Å². The highest BCUT2D eigenvalue weighted by Crippen LogP contribution is 2.24. The molecule has 0 saturated carbocycles. The molecule has 0 saturated heterocycles. The normalized spacial score (nSPS) is 12.7. The SMILES string of the molecule is NC(=Nc1ccc2ccccc2c1)SCCCCCCSC(N)Nc1ccc2ccccc2c1.NC(=Nc1ccccc1)SCCCCCCCCSC(N)Nc1ccccc1. The van der Waals surface area contributed by atoms with Crippen LogP contribution in [0.2, 0.25) is 0 Å². The average Bonchev–Trinajstić information content (AvgIpc) is 3.28. The van der Waals surface area contributed by atoms with Crippen molar-refractivity contribution in [3.63, 3.8) is 0 Å². The number of fused-ring (bicyclic) bond motifs is 2. The number of unbranched alkanes of at least 4 members (excludes halogenated alkanes) is 8. The quantitative estimate of drug-likeness (QED) is 0.0150. The first-order chi connectivity index (χ1) is 30.4. The molecule has 62 heavy (non-hydrogen) atoms. The lowest BCUT2D eigenvalue weighted by molar-refractivity contribution is 0.629. The van der Waals surface area contributed by atoms with E-state index in [9.17, 15) is 0 Å². The highest BCUT2D eigenvalue weighted by Gasteiger charge is 2.05. The van der Waals surface area contributed by atoms with Crippen LogP contribution in [0.4, 0.5) is 22.7 Å². The fourth-order valence-corrected chi connectivity index (χ4v) is 9.68. The van der Waals surface area contributed by atoms with Gasteiger partial charge in [-0.05, 0) is 107 Å². The maximum atomic E-state index is 6.26. The van der Waals surface area contributed by atoms with Crippen LogP contribution in [-0.4, -0.2) is 44.3 Å². The molecule has 0 bridgehead atoms. The molecule has 0 radical (unpaired) electrons. The number of thioether (sulfide) groups is 4. The second-order valence-corrected chi connectivity index (χ2v) is 19.5. The van der Waals surface area contributed by atoms with Gasteiger partial charge in [-0.25, -0.2) is 9.98 Å². The fraction of sp³-hybridized carbons (Fsp3) is 0.320. The van der Waals surface area contributed by atoms with Gasteiger partial charge in [0.1, 0.15) is 11.0 Å². The van der Waals surface area contributed by atoms with Gasteiger partial charge in [-0.2, -0.15) is 0 Å². The predicted octanol–water partition coefficient (Wildman–Crippen LogP) is 13.1. The molecule has 10 N–H and O–H groups in total. The van der Waals surface area contributed by atoms with Crippen molar-refractivity contribution in [1.29, 1.82) is 0 Å². The van der Waals surface area contributed by atoms with E-state index in [2.05, 4.69) is 87.3 Å². The monoisotopic (exact) mass is 904 g/mol. The number of para-hydroxylation sites is 2. The molecule has 0 amide bonds. The van der Waals surface area contributed by atoms with E-state index in [4.69, 9.17) is 22.9 Å². The molecule has 0 heterocycles. The first-order valence-corrected chi connectivity index (χ1v) is 25.8. The summed E-state index contributed by atoms with van der Waals surface area (Å²) in [7, 11) is 0. The molecule has 6 rings (SSSR count). The third-order valence-corrected chi connectivity index (χ3v) is 13.5. The van der Waals surface area contributed by atoms with E-state index >= 15 is 0 Å². The van der Waals surface area contributed by atoms with Crippen LogP contribution in [-0.2, 0) is 0 Å². The molecule has 8 nitrogen and oxygen atoms in total. The maximum absolute atomic E-state index is 6.26. The van der Waals surface area contributed by atoms with Gasteiger partial charge in [0.2, 0.25) is 0 Å². The van der Waals surface area contributed by atoms with Gasteiger partial charge in [0.25, 0.3) is 0 Å². The summed E-state index contributed by atoms with van der Waals surface area (Å²) < 4.78 is 0. The average molecular weight is 905 g/mol. The summed E-state index contributed by atoms with van der Waals surface area (Å²) in [6.45, 7) is 0. The van der Waals surface area contributed by atoms with Crippen molar-refractivity contribution in [2.24, 2.45) is 32.9 Å². The maximum Gasteiger partial charge on any atom is 0.159 e. The first-order valence-electron chi connectivity index (χ1n) is 21.7. The Kier molecular flexibility index (Phi) is 22.9. The molecular formula is C50H64N8S4. The summed E-state index contributed by atoms with van der Waals surface area (Å²) in [5.41, 5.74) is 28.3. The molecule has 0 aliphatic rings. The number of anilines is 2. The summed E-state index contributed by atoms with van der Waals surface area (Å²) in [6.07, 6.45) is 12.2. The molecule has 328 valence electrons. The van der Waals surface area contributed by atoms with Crippen LogP contribution in [0.25, 0.3) is 21.5 Å². The van der Waals surface area contributed by atoms with E-state index in [1.165, 1.54) is 79.3 Å². The zero-order chi connectivity index (χ0) is 43.5. The van der Waals surface area contributed by atoms with Gasteiger partial charge in [-0.3, -0.25) is 0 Å². The van der Waals surface area contributed by atoms with E-state index in [1.807, 2.05) is 78.9 Å². The molecular weight excluding hydrogens is 841 g/mol. The Morgan fingerprint density at radius 1 is 0.403 bits per heavy atom. The predicted molar refractivity (Wildman–Crippen MR) is 283 cm³/mol. The minimum Gasteiger partial charge on any atom is -0.378 e. The highest BCUT2D eigenvalue weighted by molar-refractivity contribution is 8.14. The molecule has 12 heteroatoms. The van der Waals surface area contributed by atoms with Crippen LogP contribution in [0.5, 0.6) is 0 Å². The van der Waals surface area contributed by atoms with Crippen LogP contribution >= 0.6 is 47.0 Å². The zero-order valence-electron chi connectivity index (χ0n) is 35.7. The lowest BCUT2D eigenvalue weighted by Crippen LogP contribution is -2.26. The number of hydrogen-bond donors (Lipinski definition) is 6. The van der Waals surface area contributed by atoms with Crippen molar-refractivity contribution in [2.45, 2.75) is 75.2 Å². The van der Waals surface area contributed by atoms with Crippen LogP contribution in [0.3, 0.4) is 0 Å². The molecule has 0 aromatic heterocycles. The number of aliphatic imine (C=N–C) groups is 2. The van der Waals surface area contributed by atoms with Crippen molar-refractivity contribution in [2.75, 3.05) is 33.6 Å². The topological polar surface area (TPSA) is 153 Å². The first kappa shape index (κ1) is 48.7. The van der Waals surface area contributed by atoms with E-state index < -0.39 is 0 Å². The van der Waals surface area contributed by atoms with Gasteiger partial charge in [0.05, 0.1) is 11.4 Å². The highest BCUT2D eigenvalue weighted by atomic mass is 32.2. The number of benzene rings is 6. The largest absolute Gasteiger partial charge is 0.378 e. The van der Waals surface area contributed by atoms with E-state index in [0.717, 1.165) is 52.2 Å². The Bertz CT molecular complexity index is 2210. The fourth-order valence-electron chi connectivity index (χ4n) is 6.54. The number of nitrogens with zero attached hydrogens (tertiary/aromatic N) is 2. The smallest absolute Gasteiger partial charge is 0.159 e. The second kappa shape index (κ2) is 29.1.